The van der Waals surface area contributed by atoms with E-state index in [4.69, 9.17) is 0 Å². The molecule has 1 atom stereocenters. The van der Waals surface area contributed by atoms with Crippen LogP contribution in [0.4, 0.5) is 0 Å². The fourth-order valence-electron chi connectivity index (χ4n) is 2.31. The molecule has 0 bridgehead atoms. The molecule has 1 unspecified atom stereocenters. The molecule has 0 aliphatic heterocycles. The van der Waals surface area contributed by atoms with Crippen molar-refractivity contribution in [1.29, 1.82) is 0 Å². The van der Waals surface area contributed by atoms with Crippen molar-refractivity contribution >= 4 is 0 Å². The summed E-state index contributed by atoms with van der Waals surface area (Å²) < 4.78 is 0. The molecule has 0 heteroatoms. The van der Waals surface area contributed by atoms with Crippen LogP contribution in [0.1, 0.15) is 53.4 Å². The Kier molecular flexibility index (Phi) is 2.61. The first-order valence-electron chi connectivity index (χ1n) is 5.08. The predicted molar refractivity (Wildman–Crippen MR) is 50.6 cm³/mol. The Morgan fingerprint density at radius 3 is 2.18 bits per heavy atom. The van der Waals surface area contributed by atoms with Crippen LogP contribution in [0.2, 0.25) is 0 Å². The Hall–Kier alpha value is 0. The zero-order valence-electron chi connectivity index (χ0n) is 8.48. The van der Waals surface area contributed by atoms with Crippen molar-refractivity contribution in [1.82, 2.24) is 0 Å². The van der Waals surface area contributed by atoms with E-state index in [-0.39, 0.29) is 0 Å². The van der Waals surface area contributed by atoms with E-state index in [1.54, 1.807) is 0 Å². The Morgan fingerprint density at radius 2 is 1.91 bits per heavy atom. The van der Waals surface area contributed by atoms with Crippen molar-refractivity contribution < 1.29 is 0 Å². The largest absolute Gasteiger partial charge is 0.0649 e. The molecule has 1 aliphatic rings. The molecule has 11 heavy (non-hydrogen) atoms. The van der Waals surface area contributed by atoms with Gasteiger partial charge in [0.15, 0.2) is 0 Å². The summed E-state index contributed by atoms with van der Waals surface area (Å²) in [5.74, 6) is 1.94. The lowest BCUT2D eigenvalue weighted by molar-refractivity contribution is 0.206. The third-order valence-electron chi connectivity index (χ3n) is 3.25. The van der Waals surface area contributed by atoms with Crippen molar-refractivity contribution in [3.63, 3.8) is 0 Å². The first-order valence-corrected chi connectivity index (χ1v) is 5.08. The van der Waals surface area contributed by atoms with Gasteiger partial charge in [-0.3, -0.25) is 0 Å². The van der Waals surface area contributed by atoms with Crippen molar-refractivity contribution in [3.05, 3.63) is 0 Å². The van der Waals surface area contributed by atoms with E-state index in [2.05, 4.69) is 27.7 Å². The summed E-state index contributed by atoms with van der Waals surface area (Å²) in [4.78, 5) is 0. The second-order valence-electron chi connectivity index (χ2n) is 4.88. The highest BCUT2D eigenvalue weighted by atomic mass is 14.4. The highest BCUT2D eigenvalue weighted by Gasteiger charge is 2.39. The molecule has 1 aliphatic carbocycles. The van der Waals surface area contributed by atoms with E-state index in [9.17, 15) is 0 Å². The number of hydrogen-bond acceptors (Lipinski definition) is 0. The molecule has 1 fully saturated rings. The van der Waals surface area contributed by atoms with Gasteiger partial charge >= 0.3 is 0 Å². The number of hydrogen-bond donors (Lipinski definition) is 0. The minimum absolute atomic E-state index is 0.675. The first-order chi connectivity index (χ1) is 5.08. The van der Waals surface area contributed by atoms with Gasteiger partial charge in [0.05, 0.1) is 0 Å². The Bertz CT molecular complexity index is 122. The molecule has 0 amide bonds. The number of rotatable bonds is 4. The van der Waals surface area contributed by atoms with Gasteiger partial charge in [-0.2, -0.15) is 0 Å². The molecular formula is C11H22. The molecule has 1 saturated carbocycles. The second kappa shape index (κ2) is 3.16. The maximum atomic E-state index is 2.48. The third-order valence-corrected chi connectivity index (χ3v) is 3.25. The van der Waals surface area contributed by atoms with Gasteiger partial charge < -0.3 is 0 Å². The molecule has 66 valence electrons. The minimum atomic E-state index is 0.675. The zero-order chi connectivity index (χ0) is 8.48. The lowest BCUT2D eigenvalue weighted by Crippen LogP contribution is -2.20. The molecule has 1 rings (SSSR count). The topological polar surface area (TPSA) is 0 Å². The fraction of sp³-hybridized carbons (Fsp3) is 1.00. The molecule has 0 spiro atoms. The molecular weight excluding hydrogens is 132 g/mol. The van der Waals surface area contributed by atoms with Crippen molar-refractivity contribution in [2.45, 2.75) is 53.4 Å². The lowest BCUT2D eigenvalue weighted by atomic mass is 9.76. The Balaban J connectivity index is 2.44. The van der Waals surface area contributed by atoms with Crippen LogP contribution >= 0.6 is 0 Å². The average molecular weight is 154 g/mol. The van der Waals surface area contributed by atoms with E-state index < -0.39 is 0 Å². The SMILES string of the molecule is CCC(C)(CC(C)C)C1CC1. The molecule has 0 aromatic carbocycles. The fourth-order valence-corrected chi connectivity index (χ4v) is 2.31. The van der Waals surface area contributed by atoms with Gasteiger partial charge in [0.25, 0.3) is 0 Å². The van der Waals surface area contributed by atoms with Gasteiger partial charge in [-0.15, -0.1) is 0 Å². The summed E-state index contributed by atoms with van der Waals surface area (Å²) in [6.45, 7) is 9.51. The highest BCUT2D eigenvalue weighted by Crippen LogP contribution is 2.50. The van der Waals surface area contributed by atoms with Crippen LogP contribution in [-0.4, -0.2) is 0 Å². The molecule has 0 radical (unpaired) electrons. The summed E-state index contributed by atoms with van der Waals surface area (Å²) in [6, 6.07) is 0. The van der Waals surface area contributed by atoms with E-state index in [0.717, 1.165) is 11.8 Å². The zero-order valence-corrected chi connectivity index (χ0v) is 8.48. The summed E-state index contributed by atoms with van der Waals surface area (Å²) in [5.41, 5.74) is 0.675. The van der Waals surface area contributed by atoms with Gasteiger partial charge in [-0.1, -0.05) is 34.1 Å². The quantitative estimate of drug-likeness (QED) is 0.577. The van der Waals surface area contributed by atoms with Gasteiger partial charge in [-0.25, -0.2) is 0 Å². The standard InChI is InChI=1S/C11H22/c1-5-11(4,8-9(2)3)10-6-7-10/h9-10H,5-8H2,1-4H3. The van der Waals surface area contributed by atoms with E-state index in [1.165, 1.54) is 25.7 Å². The summed E-state index contributed by atoms with van der Waals surface area (Å²) in [6.07, 6.45) is 5.79. The van der Waals surface area contributed by atoms with Crippen molar-refractivity contribution in [2.24, 2.45) is 17.3 Å². The third kappa shape index (κ3) is 2.21. The molecule has 0 aromatic heterocycles. The summed E-state index contributed by atoms with van der Waals surface area (Å²) in [5, 5.41) is 0. The maximum absolute atomic E-state index is 2.48. The van der Waals surface area contributed by atoms with Gasteiger partial charge in [0.2, 0.25) is 0 Å². The molecule has 0 N–H and O–H groups in total. The van der Waals surface area contributed by atoms with Crippen LogP contribution in [0.5, 0.6) is 0 Å². The van der Waals surface area contributed by atoms with Crippen LogP contribution in [0, 0.1) is 17.3 Å². The molecule has 0 saturated heterocycles. The predicted octanol–water partition coefficient (Wildman–Crippen LogP) is 3.86. The first kappa shape index (κ1) is 9.09. The van der Waals surface area contributed by atoms with Crippen LogP contribution in [0.3, 0.4) is 0 Å². The average Bonchev–Trinajstić information content (AvgIpc) is 2.66. The monoisotopic (exact) mass is 154 g/mol. The Labute approximate surface area is 71.4 Å². The van der Waals surface area contributed by atoms with Crippen molar-refractivity contribution in [2.75, 3.05) is 0 Å². The van der Waals surface area contributed by atoms with Crippen LogP contribution in [-0.2, 0) is 0 Å². The normalized spacial score (nSPS) is 23.7. The molecule has 0 nitrogen and oxygen atoms in total. The van der Waals surface area contributed by atoms with Gasteiger partial charge in [0, 0.05) is 0 Å². The minimum Gasteiger partial charge on any atom is -0.0649 e. The van der Waals surface area contributed by atoms with E-state index in [0.29, 0.717) is 5.41 Å². The van der Waals surface area contributed by atoms with E-state index >= 15 is 0 Å². The lowest BCUT2D eigenvalue weighted by Gasteiger charge is -2.30. The van der Waals surface area contributed by atoms with Crippen molar-refractivity contribution in [3.8, 4) is 0 Å². The smallest absolute Gasteiger partial charge is 0.0298 e. The molecule has 0 heterocycles. The second-order valence-corrected chi connectivity index (χ2v) is 4.88. The van der Waals surface area contributed by atoms with Crippen LogP contribution < -0.4 is 0 Å². The van der Waals surface area contributed by atoms with E-state index in [1.807, 2.05) is 0 Å². The maximum Gasteiger partial charge on any atom is -0.0298 e. The summed E-state index contributed by atoms with van der Waals surface area (Å²) >= 11 is 0. The van der Waals surface area contributed by atoms with Gasteiger partial charge in [-0.05, 0) is 36.5 Å². The van der Waals surface area contributed by atoms with Crippen LogP contribution in [0.25, 0.3) is 0 Å². The van der Waals surface area contributed by atoms with Gasteiger partial charge in [0.1, 0.15) is 0 Å². The van der Waals surface area contributed by atoms with Crippen LogP contribution in [0.15, 0.2) is 0 Å². The highest BCUT2D eigenvalue weighted by molar-refractivity contribution is 4.90. The Morgan fingerprint density at radius 1 is 1.36 bits per heavy atom. The summed E-state index contributed by atoms with van der Waals surface area (Å²) in [7, 11) is 0. The molecule has 0 aromatic rings.